The van der Waals surface area contributed by atoms with Crippen LogP contribution in [0.1, 0.15) is 13.8 Å². The van der Waals surface area contributed by atoms with Gasteiger partial charge < -0.3 is 30.1 Å². The monoisotopic (exact) mass is 364 g/mol. The van der Waals surface area contributed by atoms with Crippen molar-refractivity contribution in [3.05, 3.63) is 53.9 Å². The van der Waals surface area contributed by atoms with Crippen molar-refractivity contribution in [3.8, 4) is 11.5 Å². The van der Waals surface area contributed by atoms with E-state index in [1.54, 1.807) is 0 Å². The summed E-state index contributed by atoms with van der Waals surface area (Å²) in [5.41, 5.74) is 2.47. The van der Waals surface area contributed by atoms with Gasteiger partial charge in [0.25, 0.3) is 0 Å². The van der Waals surface area contributed by atoms with Crippen LogP contribution in [0.5, 0.6) is 11.5 Å². The van der Waals surface area contributed by atoms with Crippen molar-refractivity contribution in [2.45, 2.75) is 25.5 Å². The first-order valence-electron chi connectivity index (χ1n) is 8.81. The molecule has 3 heterocycles. The number of nitrogens with one attached hydrogen (secondary N) is 3. The van der Waals surface area contributed by atoms with Crippen LogP contribution in [0, 0.1) is 5.41 Å². The van der Waals surface area contributed by atoms with Gasteiger partial charge in [0.1, 0.15) is 17.8 Å². The highest BCUT2D eigenvalue weighted by Gasteiger charge is 2.50. The van der Waals surface area contributed by atoms with E-state index >= 15 is 0 Å². The maximum atomic E-state index is 11.1. The van der Waals surface area contributed by atoms with E-state index in [1.807, 2.05) is 61.2 Å². The molecule has 3 aliphatic rings. The Labute approximate surface area is 156 Å². The minimum atomic E-state index is -0.847. The zero-order valence-electron chi connectivity index (χ0n) is 15.0. The molecule has 138 valence electrons. The molecule has 2 aromatic carbocycles. The summed E-state index contributed by atoms with van der Waals surface area (Å²) in [6.07, 6.45) is -0.847. The highest BCUT2D eigenvalue weighted by atomic mass is 16.7. The molecule has 0 aromatic heterocycles. The third kappa shape index (κ3) is 2.21. The van der Waals surface area contributed by atoms with E-state index in [2.05, 4.69) is 10.6 Å². The van der Waals surface area contributed by atoms with Gasteiger partial charge in [-0.25, -0.2) is 0 Å². The van der Waals surface area contributed by atoms with E-state index < -0.39 is 11.6 Å². The molecule has 7 heteroatoms. The average Bonchev–Trinajstić information content (AvgIpc) is 3.30. The minimum Gasteiger partial charge on any atom is -0.454 e. The topological polar surface area (TPSA) is 89.8 Å². The van der Waals surface area contributed by atoms with Crippen molar-refractivity contribution in [2.24, 2.45) is 0 Å². The standard InChI is InChI=1S/C20H20N4O3/c1-20(2)17(25)16(19-22-12-5-3-4-6-13(12)23-19)18(21)24(20)11-7-8-14-15(9-11)27-10-26-14/h3-9,17,21-23,25H,10H2,1-2H3. The lowest BCUT2D eigenvalue weighted by molar-refractivity contribution is 0.155. The normalized spacial score (nSPS) is 22.0. The van der Waals surface area contributed by atoms with Gasteiger partial charge >= 0.3 is 0 Å². The van der Waals surface area contributed by atoms with Crippen LogP contribution in [0.25, 0.3) is 0 Å². The Bertz CT molecular complexity index is 971. The smallest absolute Gasteiger partial charge is 0.231 e. The van der Waals surface area contributed by atoms with E-state index in [4.69, 9.17) is 14.9 Å². The number of rotatable bonds is 1. The van der Waals surface area contributed by atoms with E-state index in [0.29, 0.717) is 22.9 Å². The quantitative estimate of drug-likeness (QED) is 0.622. The fourth-order valence-electron chi connectivity index (χ4n) is 3.89. The van der Waals surface area contributed by atoms with Crippen LogP contribution in [-0.4, -0.2) is 29.4 Å². The van der Waals surface area contributed by atoms with Gasteiger partial charge in [0.15, 0.2) is 11.5 Å². The van der Waals surface area contributed by atoms with Crippen molar-refractivity contribution in [1.82, 2.24) is 0 Å². The minimum absolute atomic E-state index is 0.198. The molecule has 2 aromatic rings. The Morgan fingerprint density at radius 2 is 1.74 bits per heavy atom. The summed E-state index contributed by atoms with van der Waals surface area (Å²) in [6.45, 7) is 4.04. The van der Waals surface area contributed by atoms with E-state index in [-0.39, 0.29) is 12.6 Å². The zero-order chi connectivity index (χ0) is 18.8. The lowest BCUT2D eigenvalue weighted by atomic mass is 9.95. The molecule has 1 fully saturated rings. The summed E-state index contributed by atoms with van der Waals surface area (Å²) in [5, 5.41) is 26.5. The molecule has 1 unspecified atom stereocenters. The summed E-state index contributed by atoms with van der Waals surface area (Å²) in [5.74, 6) is 2.23. The Hall–Kier alpha value is -3.19. The van der Waals surface area contributed by atoms with Crippen molar-refractivity contribution in [3.63, 3.8) is 0 Å². The van der Waals surface area contributed by atoms with Crippen LogP contribution in [0.4, 0.5) is 17.1 Å². The number of ether oxygens (including phenoxy) is 2. The summed E-state index contributed by atoms with van der Waals surface area (Å²) in [4.78, 5) is 1.83. The highest BCUT2D eigenvalue weighted by Crippen LogP contribution is 2.44. The maximum absolute atomic E-state index is 11.1. The number of hydrogen-bond acceptors (Lipinski definition) is 6. The number of aliphatic hydroxyl groups excluding tert-OH is 1. The average molecular weight is 364 g/mol. The number of nitrogens with zero attached hydrogens (tertiary/aromatic N) is 1. The van der Waals surface area contributed by atoms with E-state index in [0.717, 1.165) is 17.1 Å². The molecule has 27 heavy (non-hydrogen) atoms. The molecule has 4 N–H and O–H groups in total. The number of benzene rings is 2. The van der Waals surface area contributed by atoms with Crippen LogP contribution >= 0.6 is 0 Å². The maximum Gasteiger partial charge on any atom is 0.231 e. The van der Waals surface area contributed by atoms with Crippen molar-refractivity contribution in [1.29, 1.82) is 5.41 Å². The molecule has 0 aliphatic carbocycles. The van der Waals surface area contributed by atoms with Gasteiger partial charge in [-0.3, -0.25) is 5.41 Å². The molecule has 1 atom stereocenters. The molecule has 0 saturated carbocycles. The molecule has 3 aliphatic heterocycles. The first-order chi connectivity index (χ1) is 13.0. The number of fused-ring (bicyclic) bond motifs is 2. The second kappa shape index (κ2) is 5.40. The molecular weight excluding hydrogens is 344 g/mol. The van der Waals surface area contributed by atoms with Gasteiger partial charge in [0.05, 0.1) is 22.5 Å². The number of anilines is 3. The second-order valence-electron chi connectivity index (χ2n) is 7.36. The number of aliphatic hydroxyl groups is 1. The first-order valence-corrected chi connectivity index (χ1v) is 8.81. The number of para-hydroxylation sites is 2. The van der Waals surface area contributed by atoms with Crippen molar-refractivity contribution >= 4 is 22.9 Å². The summed E-state index contributed by atoms with van der Waals surface area (Å²) in [7, 11) is 0. The molecule has 0 amide bonds. The summed E-state index contributed by atoms with van der Waals surface area (Å²) >= 11 is 0. The van der Waals surface area contributed by atoms with Crippen molar-refractivity contribution < 1.29 is 14.6 Å². The predicted octanol–water partition coefficient (Wildman–Crippen LogP) is 3.10. The molecule has 7 nitrogen and oxygen atoms in total. The molecule has 5 rings (SSSR count). The van der Waals surface area contributed by atoms with Crippen LogP contribution in [0.2, 0.25) is 0 Å². The highest BCUT2D eigenvalue weighted by molar-refractivity contribution is 6.14. The van der Waals surface area contributed by atoms with Crippen molar-refractivity contribution in [2.75, 3.05) is 22.3 Å². The Balaban J connectivity index is 1.57. The molecule has 1 saturated heterocycles. The molecule has 0 radical (unpaired) electrons. The third-order valence-corrected chi connectivity index (χ3v) is 5.33. The van der Waals surface area contributed by atoms with Crippen LogP contribution in [-0.2, 0) is 0 Å². The van der Waals surface area contributed by atoms with Crippen LogP contribution in [0.3, 0.4) is 0 Å². The molecule has 0 spiro atoms. The van der Waals surface area contributed by atoms with Crippen LogP contribution in [0.15, 0.2) is 53.9 Å². The van der Waals surface area contributed by atoms with Gasteiger partial charge in [-0.15, -0.1) is 0 Å². The van der Waals surface area contributed by atoms with Gasteiger partial charge in [-0.2, -0.15) is 0 Å². The Morgan fingerprint density at radius 3 is 2.44 bits per heavy atom. The van der Waals surface area contributed by atoms with Gasteiger partial charge in [0, 0.05) is 11.8 Å². The van der Waals surface area contributed by atoms with E-state index in [9.17, 15) is 5.11 Å². The first kappa shape index (κ1) is 16.0. The zero-order valence-corrected chi connectivity index (χ0v) is 15.0. The summed E-state index contributed by atoms with van der Waals surface area (Å²) < 4.78 is 10.9. The fraction of sp³-hybridized carbons (Fsp3) is 0.250. The summed E-state index contributed by atoms with van der Waals surface area (Å²) in [6, 6.07) is 13.4. The molecular formula is C20H20N4O3. The Morgan fingerprint density at radius 1 is 1.07 bits per heavy atom. The SMILES string of the molecule is CC1(C)C(O)C(=C2Nc3ccccc3N2)C(=N)N1c1ccc2c(c1)OCO2. The van der Waals surface area contributed by atoms with E-state index in [1.165, 1.54) is 0 Å². The van der Waals surface area contributed by atoms with Gasteiger partial charge in [0.2, 0.25) is 6.79 Å². The Kier molecular flexibility index (Phi) is 3.21. The predicted molar refractivity (Wildman–Crippen MR) is 104 cm³/mol. The number of amidine groups is 1. The van der Waals surface area contributed by atoms with Crippen LogP contribution < -0.4 is 25.0 Å². The lowest BCUT2D eigenvalue weighted by Gasteiger charge is -2.34. The van der Waals surface area contributed by atoms with Gasteiger partial charge in [-0.05, 0) is 38.1 Å². The fourth-order valence-corrected chi connectivity index (χ4v) is 3.89. The lowest BCUT2D eigenvalue weighted by Crippen LogP contribution is -2.46. The second-order valence-corrected chi connectivity index (χ2v) is 7.36. The molecule has 0 bridgehead atoms. The number of hydrogen-bond donors (Lipinski definition) is 4. The van der Waals surface area contributed by atoms with Gasteiger partial charge in [-0.1, -0.05) is 12.1 Å². The third-order valence-electron chi connectivity index (χ3n) is 5.33. The largest absolute Gasteiger partial charge is 0.454 e.